The number of carbonyl (C=O) groups excluding carboxylic acids is 2. The molecule has 2 N–H and O–H groups in total. The van der Waals surface area contributed by atoms with Crippen LogP contribution < -0.4 is 0 Å². The van der Waals surface area contributed by atoms with E-state index in [1.807, 2.05) is 0 Å². The molecule has 0 radical (unpaired) electrons. The van der Waals surface area contributed by atoms with Crippen LogP contribution >= 0.6 is 0 Å². The summed E-state index contributed by atoms with van der Waals surface area (Å²) >= 11 is 0. The maximum atomic E-state index is 12.8. The fourth-order valence-corrected chi connectivity index (χ4v) is 5.16. The predicted octanol–water partition coefficient (Wildman–Crippen LogP) is 1.69. The van der Waals surface area contributed by atoms with Gasteiger partial charge in [0.2, 0.25) is 6.29 Å². The number of carbonyl (C=O) groups is 2. The number of hydrogen-bond donors (Lipinski definition) is 2. The molecular weight excluding hydrogens is 312 g/mol. The largest absolute Gasteiger partial charge is 0.425 e. The first-order valence-electron chi connectivity index (χ1n) is 8.66. The summed E-state index contributed by atoms with van der Waals surface area (Å²) in [6, 6.07) is 0. The van der Waals surface area contributed by atoms with Crippen LogP contribution in [-0.2, 0) is 19.1 Å². The predicted molar refractivity (Wildman–Crippen MR) is 84.6 cm³/mol. The Bertz CT molecular complexity index is 540. The molecular formula is C18H26O6. The van der Waals surface area contributed by atoms with Gasteiger partial charge in [0.15, 0.2) is 0 Å². The topological polar surface area (TPSA) is 93.1 Å². The molecule has 4 bridgehead atoms. The summed E-state index contributed by atoms with van der Waals surface area (Å²) in [4.78, 5) is 24.5. The number of esters is 2. The number of aliphatic hydroxyl groups excluding tert-OH is 1. The maximum Gasteiger partial charge on any atom is 0.336 e. The Morgan fingerprint density at radius 1 is 1.21 bits per heavy atom. The van der Waals surface area contributed by atoms with Gasteiger partial charge in [0, 0.05) is 12.0 Å². The molecule has 6 heteroatoms. The first kappa shape index (κ1) is 17.4. The lowest BCUT2D eigenvalue weighted by Crippen LogP contribution is -2.58. The Morgan fingerprint density at radius 3 is 2.33 bits per heavy atom. The summed E-state index contributed by atoms with van der Waals surface area (Å²) < 4.78 is 10.6. The average Bonchev–Trinajstić information content (AvgIpc) is 2.44. The second-order valence-electron chi connectivity index (χ2n) is 8.00. The first-order valence-corrected chi connectivity index (χ1v) is 8.66. The second-order valence-corrected chi connectivity index (χ2v) is 8.00. The van der Waals surface area contributed by atoms with Crippen LogP contribution in [0.3, 0.4) is 0 Å². The number of ether oxygens (including phenoxy) is 2. The van der Waals surface area contributed by atoms with Crippen molar-refractivity contribution in [2.45, 2.75) is 63.8 Å². The lowest BCUT2D eigenvalue weighted by Gasteiger charge is -2.58. The third-order valence-electron chi connectivity index (χ3n) is 5.65. The van der Waals surface area contributed by atoms with Crippen molar-refractivity contribution in [2.75, 3.05) is 6.61 Å². The van der Waals surface area contributed by atoms with Gasteiger partial charge in [-0.1, -0.05) is 6.58 Å². The second kappa shape index (κ2) is 6.15. The molecule has 4 rings (SSSR count). The summed E-state index contributed by atoms with van der Waals surface area (Å²) in [5.41, 5.74) is -1.23. The van der Waals surface area contributed by atoms with Crippen molar-refractivity contribution < 1.29 is 29.3 Å². The van der Waals surface area contributed by atoms with Crippen LogP contribution in [-0.4, -0.2) is 40.6 Å². The van der Waals surface area contributed by atoms with E-state index in [-0.39, 0.29) is 18.6 Å². The van der Waals surface area contributed by atoms with E-state index >= 15 is 0 Å². The minimum atomic E-state index is -1.12. The van der Waals surface area contributed by atoms with Crippen molar-refractivity contribution in [2.24, 2.45) is 17.3 Å². The van der Waals surface area contributed by atoms with Crippen molar-refractivity contribution >= 4 is 11.9 Å². The summed E-state index contributed by atoms with van der Waals surface area (Å²) in [6.45, 7) is 4.75. The van der Waals surface area contributed by atoms with E-state index in [0.29, 0.717) is 18.3 Å². The minimum absolute atomic E-state index is 0.0258. The number of hydrogen-bond acceptors (Lipinski definition) is 6. The molecule has 0 aromatic heterocycles. The molecule has 24 heavy (non-hydrogen) atoms. The highest BCUT2D eigenvalue weighted by Gasteiger charge is 2.61. The van der Waals surface area contributed by atoms with Gasteiger partial charge in [-0.15, -0.1) is 0 Å². The highest BCUT2D eigenvalue weighted by Crippen LogP contribution is 2.62. The summed E-state index contributed by atoms with van der Waals surface area (Å²) in [5, 5.41) is 19.9. The van der Waals surface area contributed by atoms with Gasteiger partial charge >= 0.3 is 11.9 Å². The van der Waals surface area contributed by atoms with Crippen molar-refractivity contribution in [3.05, 3.63) is 12.2 Å². The molecule has 0 aromatic rings. The van der Waals surface area contributed by atoms with Gasteiger partial charge in [-0.2, -0.15) is 0 Å². The third kappa shape index (κ3) is 3.22. The number of rotatable bonds is 6. The number of aliphatic hydroxyl groups is 2. The first-order chi connectivity index (χ1) is 11.3. The van der Waals surface area contributed by atoms with Crippen LogP contribution in [0, 0.1) is 17.3 Å². The Balaban J connectivity index is 1.71. The zero-order chi connectivity index (χ0) is 17.5. The van der Waals surface area contributed by atoms with Gasteiger partial charge in [0.25, 0.3) is 0 Å². The quantitative estimate of drug-likeness (QED) is 0.435. The summed E-state index contributed by atoms with van der Waals surface area (Å²) in [5.74, 6) is -0.343. The molecule has 0 spiro atoms. The van der Waals surface area contributed by atoms with Gasteiger partial charge < -0.3 is 19.7 Å². The lowest BCUT2D eigenvalue weighted by atomic mass is 9.48. The Morgan fingerprint density at radius 2 is 1.83 bits per heavy atom. The molecule has 4 fully saturated rings. The van der Waals surface area contributed by atoms with Crippen LogP contribution in [0.1, 0.15) is 51.9 Å². The van der Waals surface area contributed by atoms with E-state index in [1.165, 1.54) is 6.92 Å². The minimum Gasteiger partial charge on any atom is -0.425 e. The maximum absolute atomic E-state index is 12.8. The molecule has 0 aliphatic heterocycles. The molecule has 6 nitrogen and oxygen atoms in total. The van der Waals surface area contributed by atoms with Crippen LogP contribution in [0.5, 0.6) is 0 Å². The zero-order valence-corrected chi connectivity index (χ0v) is 14.1. The normalized spacial score (nSPS) is 37.8. The smallest absolute Gasteiger partial charge is 0.336 e. The lowest BCUT2D eigenvalue weighted by molar-refractivity contribution is -0.218. The fourth-order valence-electron chi connectivity index (χ4n) is 5.16. The van der Waals surface area contributed by atoms with Crippen molar-refractivity contribution in [3.63, 3.8) is 0 Å². The molecule has 0 aromatic carbocycles. The Kier molecular flexibility index (Phi) is 4.47. The highest BCUT2D eigenvalue weighted by molar-refractivity contribution is 5.87. The van der Waals surface area contributed by atoms with Gasteiger partial charge in [0.1, 0.15) is 0 Å². The Hall–Kier alpha value is -1.40. The van der Waals surface area contributed by atoms with Gasteiger partial charge in [-0.25, -0.2) is 4.79 Å². The van der Waals surface area contributed by atoms with Crippen molar-refractivity contribution in [1.29, 1.82) is 0 Å². The Labute approximate surface area is 141 Å². The van der Waals surface area contributed by atoms with E-state index in [2.05, 4.69) is 6.58 Å². The van der Waals surface area contributed by atoms with E-state index < -0.39 is 29.2 Å². The fraction of sp³-hybridized carbons (Fsp3) is 0.778. The van der Waals surface area contributed by atoms with Crippen LogP contribution in [0.25, 0.3) is 0 Å². The molecule has 134 valence electrons. The monoisotopic (exact) mass is 338 g/mol. The van der Waals surface area contributed by atoms with Crippen LogP contribution in [0.15, 0.2) is 12.2 Å². The third-order valence-corrected chi connectivity index (χ3v) is 5.65. The van der Waals surface area contributed by atoms with Crippen LogP contribution in [0.2, 0.25) is 0 Å². The summed E-state index contributed by atoms with van der Waals surface area (Å²) in [6.07, 6.45) is 3.39. The summed E-state index contributed by atoms with van der Waals surface area (Å²) in [7, 11) is 0. The zero-order valence-electron chi connectivity index (χ0n) is 14.1. The highest BCUT2D eigenvalue weighted by atomic mass is 16.7. The molecule has 0 amide bonds. The van der Waals surface area contributed by atoms with E-state index in [0.717, 1.165) is 32.1 Å². The van der Waals surface area contributed by atoms with Gasteiger partial charge in [-0.3, -0.25) is 4.79 Å². The molecule has 3 atom stereocenters. The standard InChI is InChI=1S/C18H26O6/c1-11(2)15(20)23-14(3-4-19)24-16(21)17-6-12-5-13(7-17)9-18(22,8-12)10-17/h12-14,19,22H,1,3-10H2,2H3. The molecule has 4 saturated carbocycles. The van der Waals surface area contributed by atoms with Gasteiger partial charge in [0.05, 0.1) is 17.6 Å². The van der Waals surface area contributed by atoms with E-state index in [4.69, 9.17) is 14.6 Å². The SMILES string of the molecule is C=C(C)C(=O)OC(CCO)OC(=O)C12CC3CC(CC(O)(C3)C1)C2. The molecule has 4 aliphatic carbocycles. The molecule has 3 unspecified atom stereocenters. The molecule has 0 saturated heterocycles. The van der Waals surface area contributed by atoms with E-state index in [1.54, 1.807) is 0 Å². The van der Waals surface area contributed by atoms with Crippen molar-refractivity contribution in [1.82, 2.24) is 0 Å². The average molecular weight is 338 g/mol. The van der Waals surface area contributed by atoms with Crippen LogP contribution in [0.4, 0.5) is 0 Å². The molecule has 4 aliphatic rings. The molecule has 0 heterocycles. The van der Waals surface area contributed by atoms with Crippen molar-refractivity contribution in [3.8, 4) is 0 Å². The van der Waals surface area contributed by atoms with Gasteiger partial charge in [-0.05, 0) is 57.3 Å². The van der Waals surface area contributed by atoms with E-state index in [9.17, 15) is 14.7 Å².